The molecule has 0 aliphatic rings. The third-order valence-corrected chi connectivity index (χ3v) is 7.59. The van der Waals surface area contributed by atoms with Crippen LogP contribution in [0.2, 0.25) is 0 Å². The third-order valence-electron chi connectivity index (χ3n) is 6.13. The Kier molecular flexibility index (Phi) is 7.40. The molecular formula is C30H21BrN2O6S. The highest BCUT2D eigenvalue weighted by Crippen LogP contribution is 2.36. The number of hydrogen-bond donors (Lipinski definition) is 3. The van der Waals surface area contributed by atoms with Gasteiger partial charge in [-0.15, -0.1) is 0 Å². The summed E-state index contributed by atoms with van der Waals surface area (Å²) in [5.41, 5.74) is 1.78. The minimum absolute atomic E-state index is 0.00914. The van der Waals surface area contributed by atoms with E-state index < -0.39 is 21.9 Å². The molecule has 0 spiro atoms. The average molecular weight is 617 g/mol. The van der Waals surface area contributed by atoms with Crippen molar-refractivity contribution in [2.75, 3.05) is 5.32 Å². The van der Waals surface area contributed by atoms with Crippen LogP contribution < -0.4 is 15.2 Å². The van der Waals surface area contributed by atoms with Crippen LogP contribution in [0.4, 0.5) is 5.69 Å². The highest BCUT2D eigenvalue weighted by molar-refractivity contribution is 9.10. The van der Waals surface area contributed by atoms with Crippen molar-refractivity contribution in [3.63, 3.8) is 0 Å². The van der Waals surface area contributed by atoms with E-state index in [9.17, 15) is 23.1 Å². The zero-order valence-electron chi connectivity index (χ0n) is 20.7. The van der Waals surface area contributed by atoms with Crippen molar-refractivity contribution in [2.45, 2.75) is 4.90 Å². The van der Waals surface area contributed by atoms with Gasteiger partial charge in [0.25, 0.3) is 5.91 Å². The van der Waals surface area contributed by atoms with Gasteiger partial charge in [-0.25, -0.2) is 18.4 Å². The molecule has 0 aromatic heterocycles. The molecule has 200 valence electrons. The zero-order chi connectivity index (χ0) is 28.4. The average Bonchev–Trinajstić information content (AvgIpc) is 2.93. The number of nitrogens with one attached hydrogen (secondary N) is 1. The van der Waals surface area contributed by atoms with Crippen LogP contribution in [-0.2, 0) is 10.0 Å². The molecule has 5 aromatic rings. The first kappa shape index (κ1) is 27.1. The van der Waals surface area contributed by atoms with Gasteiger partial charge in [-0.1, -0.05) is 58.4 Å². The van der Waals surface area contributed by atoms with Crippen LogP contribution in [0.15, 0.2) is 112 Å². The van der Waals surface area contributed by atoms with Gasteiger partial charge in [0.15, 0.2) is 5.75 Å². The number of hydrogen-bond acceptors (Lipinski definition) is 5. The zero-order valence-corrected chi connectivity index (χ0v) is 23.1. The van der Waals surface area contributed by atoms with Crippen LogP contribution in [0, 0.1) is 0 Å². The summed E-state index contributed by atoms with van der Waals surface area (Å²) in [6.45, 7) is 0. The lowest BCUT2D eigenvalue weighted by Crippen LogP contribution is -2.13. The van der Waals surface area contributed by atoms with Crippen molar-refractivity contribution < 1.29 is 27.9 Å². The van der Waals surface area contributed by atoms with E-state index in [1.807, 2.05) is 12.1 Å². The standard InChI is InChI=1S/C30H21BrN2O6S/c31-22-13-14-23-20(16-22)15-21(30(35)36)17-27(23)39-26-7-3-2-6-25(26)33-29(34)19-11-9-18(10-12-19)24-5-1-4-8-28(24)40(32,37)38/h1-17H,(H,33,34)(H,35,36)(H2,32,37,38). The number of carboxylic acids is 1. The Bertz CT molecular complexity index is 1890. The Morgan fingerprint density at radius 1 is 0.800 bits per heavy atom. The second-order valence-corrected chi connectivity index (χ2v) is 11.3. The quantitative estimate of drug-likeness (QED) is 0.187. The van der Waals surface area contributed by atoms with E-state index in [1.54, 1.807) is 78.9 Å². The number of primary sulfonamides is 1. The van der Waals surface area contributed by atoms with Gasteiger partial charge in [0.05, 0.1) is 16.1 Å². The number of carbonyl (C=O) groups excluding carboxylic acids is 1. The summed E-state index contributed by atoms with van der Waals surface area (Å²) in [4.78, 5) is 24.8. The van der Waals surface area contributed by atoms with Crippen molar-refractivity contribution in [1.29, 1.82) is 0 Å². The number of halogens is 1. The lowest BCUT2D eigenvalue weighted by Gasteiger charge is -2.15. The molecule has 8 nitrogen and oxygen atoms in total. The number of benzene rings is 5. The minimum Gasteiger partial charge on any atom is -0.478 e. The molecule has 4 N–H and O–H groups in total. The smallest absolute Gasteiger partial charge is 0.335 e. The van der Waals surface area contributed by atoms with Crippen LogP contribution in [-0.4, -0.2) is 25.4 Å². The molecule has 0 unspecified atom stereocenters. The Morgan fingerprint density at radius 2 is 1.50 bits per heavy atom. The SMILES string of the molecule is NS(=O)(=O)c1ccccc1-c1ccc(C(=O)Nc2ccccc2Oc2cc(C(=O)O)cc3cc(Br)ccc23)cc1. The van der Waals surface area contributed by atoms with Crippen molar-refractivity contribution in [3.05, 3.63) is 119 Å². The normalized spacial score (nSPS) is 11.2. The Balaban J connectivity index is 1.43. The minimum atomic E-state index is -3.93. The van der Waals surface area contributed by atoms with Crippen LogP contribution in [0.3, 0.4) is 0 Å². The number of para-hydroxylation sites is 2. The number of anilines is 1. The number of nitrogens with two attached hydrogens (primary N) is 1. The Labute approximate surface area is 238 Å². The number of rotatable bonds is 7. The summed E-state index contributed by atoms with van der Waals surface area (Å²) in [5.74, 6) is -0.873. The molecule has 5 rings (SSSR count). The van der Waals surface area contributed by atoms with Gasteiger partial charge in [0.2, 0.25) is 10.0 Å². The summed E-state index contributed by atoms with van der Waals surface area (Å²) in [5, 5.41) is 19.2. The molecular weight excluding hydrogens is 596 g/mol. The number of amides is 1. The van der Waals surface area contributed by atoms with Crippen molar-refractivity contribution in [2.24, 2.45) is 5.14 Å². The number of sulfonamides is 1. The van der Waals surface area contributed by atoms with Gasteiger partial charge in [0.1, 0.15) is 5.75 Å². The fourth-order valence-corrected chi connectivity index (χ4v) is 5.38. The van der Waals surface area contributed by atoms with Gasteiger partial charge in [-0.2, -0.15) is 0 Å². The maximum Gasteiger partial charge on any atom is 0.335 e. The molecule has 5 aromatic carbocycles. The number of aromatic carboxylic acids is 1. The van der Waals surface area contributed by atoms with E-state index in [1.165, 1.54) is 12.1 Å². The maximum absolute atomic E-state index is 13.1. The van der Waals surface area contributed by atoms with Crippen LogP contribution in [0.1, 0.15) is 20.7 Å². The van der Waals surface area contributed by atoms with E-state index in [4.69, 9.17) is 9.88 Å². The monoisotopic (exact) mass is 616 g/mol. The van der Waals surface area contributed by atoms with Gasteiger partial charge in [0, 0.05) is 21.0 Å². The van der Waals surface area contributed by atoms with E-state index in [2.05, 4.69) is 21.2 Å². The molecule has 40 heavy (non-hydrogen) atoms. The number of carbonyl (C=O) groups is 2. The molecule has 0 bridgehead atoms. The topological polar surface area (TPSA) is 136 Å². The van der Waals surface area contributed by atoms with Gasteiger partial charge in [-0.3, -0.25) is 4.79 Å². The molecule has 0 saturated heterocycles. The fraction of sp³-hybridized carbons (Fsp3) is 0. The Morgan fingerprint density at radius 3 is 2.23 bits per heavy atom. The van der Waals surface area contributed by atoms with E-state index in [0.717, 1.165) is 4.47 Å². The van der Waals surface area contributed by atoms with E-state index in [0.29, 0.717) is 44.6 Å². The van der Waals surface area contributed by atoms with Gasteiger partial charge in [-0.05, 0) is 71.6 Å². The first-order chi connectivity index (χ1) is 19.1. The second kappa shape index (κ2) is 10.9. The van der Waals surface area contributed by atoms with Crippen LogP contribution in [0.25, 0.3) is 21.9 Å². The highest BCUT2D eigenvalue weighted by atomic mass is 79.9. The lowest BCUT2D eigenvalue weighted by molar-refractivity contribution is 0.0696. The summed E-state index contributed by atoms with van der Waals surface area (Å²) in [6.07, 6.45) is 0. The number of carboxylic acid groups (broad SMARTS) is 1. The Hall–Kier alpha value is -4.51. The molecule has 0 fully saturated rings. The summed E-state index contributed by atoms with van der Waals surface area (Å²) in [6, 6.07) is 28.1. The second-order valence-electron chi connectivity index (χ2n) is 8.82. The molecule has 1 amide bonds. The van der Waals surface area contributed by atoms with Crippen LogP contribution >= 0.6 is 15.9 Å². The summed E-state index contributed by atoms with van der Waals surface area (Å²) < 4.78 is 30.9. The summed E-state index contributed by atoms with van der Waals surface area (Å²) in [7, 11) is -3.93. The molecule has 0 aliphatic heterocycles. The van der Waals surface area contributed by atoms with Gasteiger partial charge < -0.3 is 15.2 Å². The first-order valence-corrected chi connectivity index (χ1v) is 14.2. The number of fused-ring (bicyclic) bond motifs is 1. The molecule has 0 radical (unpaired) electrons. The van der Waals surface area contributed by atoms with Crippen LogP contribution in [0.5, 0.6) is 11.5 Å². The summed E-state index contributed by atoms with van der Waals surface area (Å²) >= 11 is 3.41. The largest absolute Gasteiger partial charge is 0.478 e. The maximum atomic E-state index is 13.1. The fourth-order valence-electron chi connectivity index (χ4n) is 4.24. The first-order valence-electron chi connectivity index (χ1n) is 11.9. The predicted molar refractivity (Wildman–Crippen MR) is 156 cm³/mol. The third kappa shape index (κ3) is 5.74. The predicted octanol–water partition coefficient (Wildman–Crippen LogP) is 6.66. The molecule has 0 aliphatic carbocycles. The number of ether oxygens (including phenoxy) is 1. The van der Waals surface area contributed by atoms with E-state index >= 15 is 0 Å². The van der Waals surface area contributed by atoms with Crippen molar-refractivity contribution in [1.82, 2.24) is 0 Å². The molecule has 0 saturated carbocycles. The molecule has 0 atom stereocenters. The van der Waals surface area contributed by atoms with E-state index in [-0.39, 0.29) is 10.5 Å². The molecule has 0 heterocycles. The lowest BCUT2D eigenvalue weighted by atomic mass is 10.0. The van der Waals surface area contributed by atoms with Crippen molar-refractivity contribution >= 4 is 54.3 Å². The van der Waals surface area contributed by atoms with Crippen molar-refractivity contribution in [3.8, 4) is 22.6 Å². The van der Waals surface area contributed by atoms with Gasteiger partial charge >= 0.3 is 5.97 Å². The highest BCUT2D eigenvalue weighted by Gasteiger charge is 2.17. The molecule has 10 heteroatoms.